The highest BCUT2D eigenvalue weighted by molar-refractivity contribution is 8.03. The van der Waals surface area contributed by atoms with Crippen molar-refractivity contribution in [3.63, 3.8) is 0 Å². The molecule has 0 bridgehead atoms. The fourth-order valence-corrected chi connectivity index (χ4v) is 3.12. The van der Waals surface area contributed by atoms with Crippen molar-refractivity contribution >= 4 is 23.7 Å². The quantitative estimate of drug-likeness (QED) is 0.784. The van der Waals surface area contributed by atoms with E-state index in [0.717, 1.165) is 4.91 Å². The second kappa shape index (κ2) is 6.10. The summed E-state index contributed by atoms with van der Waals surface area (Å²) in [5.41, 5.74) is 0.370. The minimum atomic E-state index is -0.921. The van der Waals surface area contributed by atoms with Crippen LogP contribution in [0.4, 0.5) is 0 Å². The number of hydrogen-bond acceptors (Lipinski definition) is 4. The Morgan fingerprint density at radius 3 is 2.65 bits per heavy atom. The van der Waals surface area contributed by atoms with Gasteiger partial charge in [-0.1, -0.05) is 13.8 Å². The molecule has 1 N–H and O–H groups in total. The van der Waals surface area contributed by atoms with Gasteiger partial charge in [0, 0.05) is 11.3 Å². The van der Waals surface area contributed by atoms with Crippen molar-refractivity contribution in [2.45, 2.75) is 27.2 Å². The fourth-order valence-electron chi connectivity index (χ4n) is 1.80. The second-order valence-electron chi connectivity index (χ2n) is 4.27. The van der Waals surface area contributed by atoms with Crippen LogP contribution in [0.25, 0.3) is 0 Å². The number of carbonyl (C=O) groups excluding carboxylic acids is 1. The molecule has 5 heteroatoms. The van der Waals surface area contributed by atoms with Crippen LogP contribution in [-0.4, -0.2) is 29.4 Å². The first-order valence-corrected chi connectivity index (χ1v) is 6.71. The first-order chi connectivity index (χ1) is 7.97. The lowest BCUT2D eigenvalue weighted by Crippen LogP contribution is -2.26. The molecule has 96 valence electrons. The summed E-state index contributed by atoms with van der Waals surface area (Å²) in [6.07, 6.45) is 0.286. The van der Waals surface area contributed by atoms with Crippen LogP contribution in [0.3, 0.4) is 0 Å². The molecule has 0 fully saturated rings. The number of ether oxygens (including phenoxy) is 1. The molecular formula is C12H18O4S. The zero-order chi connectivity index (χ0) is 13.0. The Balaban J connectivity index is 2.85. The molecule has 0 aromatic rings. The number of hydrogen-bond donors (Lipinski definition) is 1. The number of allylic oxidation sites excluding steroid dienone is 1. The van der Waals surface area contributed by atoms with E-state index < -0.39 is 5.97 Å². The van der Waals surface area contributed by atoms with Gasteiger partial charge in [-0.25, -0.2) is 4.79 Å². The SMILES string of the molecule is CCOC(=O)[C@@H]1CSC(C(C)C)=C(C(=O)O)C1. The summed E-state index contributed by atoms with van der Waals surface area (Å²) < 4.78 is 4.94. The average molecular weight is 258 g/mol. The van der Waals surface area contributed by atoms with Crippen molar-refractivity contribution in [3.8, 4) is 0 Å². The van der Waals surface area contributed by atoms with Crippen molar-refractivity contribution in [1.29, 1.82) is 0 Å². The number of carboxylic acids is 1. The van der Waals surface area contributed by atoms with Crippen LogP contribution in [-0.2, 0) is 14.3 Å². The highest BCUT2D eigenvalue weighted by Gasteiger charge is 2.31. The first kappa shape index (κ1) is 14.1. The lowest BCUT2D eigenvalue weighted by atomic mass is 9.97. The van der Waals surface area contributed by atoms with Gasteiger partial charge in [0.1, 0.15) is 0 Å². The van der Waals surface area contributed by atoms with E-state index in [9.17, 15) is 9.59 Å². The lowest BCUT2D eigenvalue weighted by Gasteiger charge is -2.25. The number of carboxylic acid groups (broad SMARTS) is 1. The third-order valence-electron chi connectivity index (χ3n) is 2.59. The van der Waals surface area contributed by atoms with Crippen LogP contribution < -0.4 is 0 Å². The Morgan fingerprint density at radius 2 is 2.18 bits per heavy atom. The maximum absolute atomic E-state index is 11.6. The third kappa shape index (κ3) is 3.49. The van der Waals surface area contributed by atoms with Gasteiger partial charge in [-0.2, -0.15) is 0 Å². The van der Waals surface area contributed by atoms with Crippen LogP contribution >= 0.6 is 11.8 Å². The van der Waals surface area contributed by atoms with Gasteiger partial charge in [0.05, 0.1) is 12.5 Å². The van der Waals surface area contributed by atoms with Gasteiger partial charge in [0.15, 0.2) is 0 Å². The largest absolute Gasteiger partial charge is 0.478 e. The monoisotopic (exact) mass is 258 g/mol. The molecule has 1 aliphatic rings. The summed E-state index contributed by atoms with van der Waals surface area (Å²) in [7, 11) is 0. The fraction of sp³-hybridized carbons (Fsp3) is 0.667. The number of rotatable bonds is 4. The van der Waals surface area contributed by atoms with Crippen LogP contribution in [0.15, 0.2) is 10.5 Å². The molecule has 0 amide bonds. The van der Waals surface area contributed by atoms with Gasteiger partial charge >= 0.3 is 11.9 Å². The molecule has 17 heavy (non-hydrogen) atoms. The average Bonchev–Trinajstić information content (AvgIpc) is 2.28. The van der Waals surface area contributed by atoms with E-state index in [1.807, 2.05) is 13.8 Å². The van der Waals surface area contributed by atoms with E-state index in [4.69, 9.17) is 9.84 Å². The Bertz CT molecular complexity index is 346. The smallest absolute Gasteiger partial charge is 0.332 e. The summed E-state index contributed by atoms with van der Waals surface area (Å²) in [5, 5.41) is 9.16. The van der Waals surface area contributed by atoms with E-state index in [0.29, 0.717) is 17.9 Å². The molecule has 4 nitrogen and oxygen atoms in total. The van der Waals surface area contributed by atoms with Crippen LogP contribution in [0.1, 0.15) is 27.2 Å². The lowest BCUT2D eigenvalue weighted by molar-refractivity contribution is -0.147. The standard InChI is InChI=1S/C12H18O4S/c1-4-16-12(15)8-5-9(11(13)14)10(7(2)3)17-6-8/h7-8H,4-6H2,1-3H3,(H,13,14)/t8-/m0/s1. The van der Waals surface area contributed by atoms with Crippen molar-refractivity contribution in [3.05, 3.63) is 10.5 Å². The maximum atomic E-state index is 11.6. The molecule has 0 aromatic carbocycles. The molecule has 0 radical (unpaired) electrons. The maximum Gasteiger partial charge on any atom is 0.332 e. The number of thioether (sulfide) groups is 1. The van der Waals surface area contributed by atoms with Crippen molar-refractivity contribution in [2.75, 3.05) is 12.4 Å². The number of aliphatic carboxylic acids is 1. The topological polar surface area (TPSA) is 63.6 Å². The summed E-state index contributed by atoms with van der Waals surface area (Å²) in [6.45, 7) is 6.02. The number of esters is 1. The summed E-state index contributed by atoms with van der Waals surface area (Å²) in [4.78, 5) is 23.7. The Labute approximate surface area is 105 Å². The summed E-state index contributed by atoms with van der Waals surface area (Å²) in [6, 6.07) is 0. The summed E-state index contributed by atoms with van der Waals surface area (Å²) in [5.74, 6) is -0.733. The molecule has 1 rings (SSSR count). The minimum absolute atomic E-state index is 0.189. The minimum Gasteiger partial charge on any atom is -0.478 e. The van der Waals surface area contributed by atoms with Crippen LogP contribution in [0.5, 0.6) is 0 Å². The van der Waals surface area contributed by atoms with Crippen molar-refractivity contribution in [2.24, 2.45) is 11.8 Å². The molecular weight excluding hydrogens is 240 g/mol. The normalized spacial score (nSPS) is 20.6. The van der Waals surface area contributed by atoms with Gasteiger partial charge < -0.3 is 9.84 Å². The highest BCUT2D eigenvalue weighted by atomic mass is 32.2. The highest BCUT2D eigenvalue weighted by Crippen LogP contribution is 2.38. The molecule has 1 atom stereocenters. The molecule has 0 aromatic heterocycles. The van der Waals surface area contributed by atoms with Crippen LogP contribution in [0, 0.1) is 11.8 Å². The summed E-state index contributed by atoms with van der Waals surface area (Å²) >= 11 is 1.47. The Hall–Kier alpha value is -0.970. The molecule has 0 saturated heterocycles. The predicted octanol–water partition coefficient (Wildman–Crippen LogP) is 2.30. The van der Waals surface area contributed by atoms with E-state index in [2.05, 4.69) is 0 Å². The van der Waals surface area contributed by atoms with E-state index >= 15 is 0 Å². The Morgan fingerprint density at radius 1 is 1.53 bits per heavy atom. The van der Waals surface area contributed by atoms with E-state index in [-0.39, 0.29) is 24.2 Å². The number of carbonyl (C=O) groups is 2. The van der Waals surface area contributed by atoms with Gasteiger partial charge in [0.2, 0.25) is 0 Å². The molecule has 0 unspecified atom stereocenters. The molecule has 0 spiro atoms. The Kier molecular flexibility index (Phi) is 5.05. The van der Waals surface area contributed by atoms with Crippen molar-refractivity contribution < 1.29 is 19.4 Å². The van der Waals surface area contributed by atoms with Gasteiger partial charge in [0.25, 0.3) is 0 Å². The second-order valence-corrected chi connectivity index (χ2v) is 5.33. The van der Waals surface area contributed by atoms with E-state index in [1.54, 1.807) is 6.92 Å². The van der Waals surface area contributed by atoms with Crippen LogP contribution in [0.2, 0.25) is 0 Å². The third-order valence-corrected chi connectivity index (χ3v) is 4.19. The zero-order valence-corrected chi connectivity index (χ0v) is 11.2. The molecule has 0 saturated carbocycles. The molecule has 1 heterocycles. The van der Waals surface area contributed by atoms with Gasteiger partial charge in [-0.05, 0) is 24.2 Å². The van der Waals surface area contributed by atoms with Gasteiger partial charge in [-0.15, -0.1) is 11.8 Å². The zero-order valence-electron chi connectivity index (χ0n) is 10.4. The van der Waals surface area contributed by atoms with Crippen molar-refractivity contribution in [1.82, 2.24) is 0 Å². The molecule has 1 aliphatic heterocycles. The first-order valence-electron chi connectivity index (χ1n) is 5.73. The van der Waals surface area contributed by atoms with Gasteiger partial charge in [-0.3, -0.25) is 4.79 Å². The van der Waals surface area contributed by atoms with E-state index in [1.165, 1.54) is 11.8 Å². The predicted molar refractivity (Wildman–Crippen MR) is 66.7 cm³/mol. The molecule has 0 aliphatic carbocycles.